The standard InChI is InChI=1S/C22H16Cl2N4O2/c23-18-12-6-4-10-16(18)21(29)27-25-14-20(15-8-2-1-3-9-15)26-28-22(30)17-11-5-7-13-19(17)24/h1-14H,(H,27,29)(H,28,30). The lowest BCUT2D eigenvalue weighted by atomic mass is 10.1. The van der Waals surface area contributed by atoms with E-state index in [0.717, 1.165) is 0 Å². The molecule has 0 atom stereocenters. The molecule has 3 aromatic carbocycles. The van der Waals surface area contributed by atoms with Gasteiger partial charge in [-0.05, 0) is 24.3 Å². The molecule has 0 aliphatic rings. The number of rotatable bonds is 6. The van der Waals surface area contributed by atoms with Gasteiger partial charge in [-0.3, -0.25) is 9.59 Å². The van der Waals surface area contributed by atoms with Gasteiger partial charge in [-0.15, -0.1) is 0 Å². The summed E-state index contributed by atoms with van der Waals surface area (Å²) < 4.78 is 0. The first-order chi connectivity index (χ1) is 14.6. The molecule has 2 N–H and O–H groups in total. The van der Waals surface area contributed by atoms with Crippen LogP contribution in [-0.4, -0.2) is 23.7 Å². The molecule has 2 amide bonds. The van der Waals surface area contributed by atoms with E-state index in [1.54, 1.807) is 60.7 Å². The largest absolute Gasteiger partial charge is 0.272 e. The number of carbonyl (C=O) groups excluding carboxylic acids is 2. The van der Waals surface area contributed by atoms with Crippen molar-refractivity contribution in [2.45, 2.75) is 0 Å². The van der Waals surface area contributed by atoms with Crippen LogP contribution in [0.3, 0.4) is 0 Å². The zero-order chi connectivity index (χ0) is 21.3. The minimum Gasteiger partial charge on any atom is -0.267 e. The Labute approximate surface area is 183 Å². The minimum absolute atomic E-state index is 0.291. The molecule has 0 bridgehead atoms. The maximum Gasteiger partial charge on any atom is 0.272 e. The van der Waals surface area contributed by atoms with Crippen molar-refractivity contribution in [2.75, 3.05) is 0 Å². The maximum atomic E-state index is 12.4. The molecule has 8 heteroatoms. The monoisotopic (exact) mass is 438 g/mol. The number of benzene rings is 3. The van der Waals surface area contributed by atoms with Gasteiger partial charge >= 0.3 is 0 Å². The molecule has 0 radical (unpaired) electrons. The van der Waals surface area contributed by atoms with Crippen LogP contribution in [0.15, 0.2) is 89.1 Å². The molecule has 3 aromatic rings. The second kappa shape index (κ2) is 10.3. The number of amides is 2. The van der Waals surface area contributed by atoms with E-state index in [1.165, 1.54) is 6.21 Å². The van der Waals surface area contributed by atoms with Crippen molar-refractivity contribution < 1.29 is 9.59 Å². The lowest BCUT2D eigenvalue weighted by Gasteiger charge is -2.05. The maximum absolute atomic E-state index is 12.4. The normalized spacial score (nSPS) is 11.3. The van der Waals surface area contributed by atoms with Crippen LogP contribution >= 0.6 is 23.2 Å². The highest BCUT2D eigenvalue weighted by Crippen LogP contribution is 2.15. The molecule has 3 rings (SSSR count). The van der Waals surface area contributed by atoms with E-state index >= 15 is 0 Å². The highest BCUT2D eigenvalue weighted by Gasteiger charge is 2.10. The van der Waals surface area contributed by atoms with Crippen LogP contribution in [0, 0.1) is 0 Å². The molecule has 0 aliphatic carbocycles. The number of halogens is 2. The first kappa shape index (κ1) is 21.2. The zero-order valence-corrected chi connectivity index (χ0v) is 17.1. The van der Waals surface area contributed by atoms with Crippen LogP contribution in [0.4, 0.5) is 0 Å². The first-order valence-corrected chi connectivity index (χ1v) is 9.58. The lowest BCUT2D eigenvalue weighted by Crippen LogP contribution is -2.22. The van der Waals surface area contributed by atoms with Gasteiger partial charge in [0.1, 0.15) is 5.71 Å². The molecule has 0 unspecified atom stereocenters. The summed E-state index contributed by atoms with van der Waals surface area (Å²) in [6.07, 6.45) is 1.33. The molecule has 30 heavy (non-hydrogen) atoms. The lowest BCUT2D eigenvalue weighted by molar-refractivity contribution is 0.0946. The Morgan fingerprint density at radius 2 is 1.20 bits per heavy atom. The van der Waals surface area contributed by atoms with Crippen molar-refractivity contribution in [3.05, 3.63) is 106 Å². The number of carbonyl (C=O) groups is 2. The third-order valence-corrected chi connectivity index (χ3v) is 4.60. The third kappa shape index (κ3) is 5.53. The van der Waals surface area contributed by atoms with E-state index in [-0.39, 0.29) is 0 Å². The van der Waals surface area contributed by atoms with E-state index in [1.807, 2.05) is 18.2 Å². The van der Waals surface area contributed by atoms with Gasteiger partial charge in [-0.1, -0.05) is 77.8 Å². The second-order valence-electron chi connectivity index (χ2n) is 5.96. The van der Waals surface area contributed by atoms with Gasteiger partial charge in [0, 0.05) is 5.56 Å². The average Bonchev–Trinajstić information content (AvgIpc) is 2.77. The van der Waals surface area contributed by atoms with Crippen LogP contribution in [0.5, 0.6) is 0 Å². The van der Waals surface area contributed by atoms with Crippen LogP contribution in [0.2, 0.25) is 10.0 Å². The molecular weight excluding hydrogens is 423 g/mol. The van der Waals surface area contributed by atoms with Gasteiger partial charge in [-0.2, -0.15) is 10.2 Å². The molecule has 150 valence electrons. The topological polar surface area (TPSA) is 82.9 Å². The van der Waals surface area contributed by atoms with Gasteiger partial charge in [0.2, 0.25) is 0 Å². The van der Waals surface area contributed by atoms with Gasteiger partial charge in [0.25, 0.3) is 11.8 Å². The third-order valence-electron chi connectivity index (χ3n) is 3.94. The van der Waals surface area contributed by atoms with Gasteiger partial charge in [0.05, 0.1) is 27.4 Å². The Morgan fingerprint density at radius 1 is 0.700 bits per heavy atom. The fraction of sp³-hybridized carbons (Fsp3) is 0. The summed E-state index contributed by atoms with van der Waals surface area (Å²) in [4.78, 5) is 24.6. The SMILES string of the molecule is O=C(NN=CC(=NNC(=O)c1ccccc1Cl)c1ccccc1)c1ccccc1Cl. The van der Waals surface area contributed by atoms with Gasteiger partial charge in [-0.25, -0.2) is 10.9 Å². The smallest absolute Gasteiger partial charge is 0.267 e. The number of hydrogen-bond donors (Lipinski definition) is 2. The van der Waals surface area contributed by atoms with Crippen molar-refractivity contribution in [1.82, 2.24) is 10.9 Å². The Hall–Kier alpha value is -3.48. The molecular formula is C22H16Cl2N4O2. The predicted molar refractivity (Wildman–Crippen MR) is 119 cm³/mol. The predicted octanol–water partition coefficient (Wildman–Crippen LogP) is 4.54. The molecule has 0 heterocycles. The molecule has 0 aliphatic heterocycles. The van der Waals surface area contributed by atoms with Gasteiger partial charge < -0.3 is 0 Å². The molecule has 0 spiro atoms. The summed E-state index contributed by atoms with van der Waals surface area (Å²) in [6, 6.07) is 22.3. The summed E-state index contributed by atoms with van der Waals surface area (Å²) >= 11 is 12.1. The Bertz CT molecular complexity index is 1110. The number of nitrogens with one attached hydrogen (secondary N) is 2. The first-order valence-electron chi connectivity index (χ1n) is 8.82. The van der Waals surface area contributed by atoms with E-state index in [0.29, 0.717) is 32.4 Å². The fourth-order valence-corrected chi connectivity index (χ4v) is 2.89. The zero-order valence-electron chi connectivity index (χ0n) is 15.5. The molecule has 0 aromatic heterocycles. The molecule has 0 saturated heterocycles. The van der Waals surface area contributed by atoms with E-state index in [4.69, 9.17) is 23.2 Å². The van der Waals surface area contributed by atoms with Crippen molar-refractivity contribution in [3.63, 3.8) is 0 Å². The second-order valence-corrected chi connectivity index (χ2v) is 6.78. The molecule has 0 saturated carbocycles. The summed E-state index contributed by atoms with van der Waals surface area (Å²) in [6.45, 7) is 0. The van der Waals surface area contributed by atoms with Gasteiger partial charge in [0.15, 0.2) is 0 Å². The summed E-state index contributed by atoms with van der Waals surface area (Å²) in [5, 5.41) is 8.70. The van der Waals surface area contributed by atoms with Crippen molar-refractivity contribution in [3.8, 4) is 0 Å². The van der Waals surface area contributed by atoms with Crippen LogP contribution in [0.25, 0.3) is 0 Å². The van der Waals surface area contributed by atoms with E-state index in [9.17, 15) is 9.59 Å². The highest BCUT2D eigenvalue weighted by molar-refractivity contribution is 6.38. The number of hydrogen-bond acceptors (Lipinski definition) is 4. The van der Waals surface area contributed by atoms with Crippen LogP contribution in [-0.2, 0) is 0 Å². The quantitative estimate of drug-likeness (QED) is 0.437. The molecule has 0 fully saturated rings. The summed E-state index contributed by atoms with van der Waals surface area (Å²) in [5.41, 5.74) is 6.46. The van der Waals surface area contributed by atoms with Crippen molar-refractivity contribution in [1.29, 1.82) is 0 Å². The fourth-order valence-electron chi connectivity index (χ4n) is 2.45. The highest BCUT2D eigenvalue weighted by atomic mass is 35.5. The van der Waals surface area contributed by atoms with E-state index < -0.39 is 11.8 Å². The van der Waals surface area contributed by atoms with Crippen molar-refractivity contribution >= 4 is 46.9 Å². The Balaban J connectivity index is 1.78. The van der Waals surface area contributed by atoms with Crippen LogP contribution < -0.4 is 10.9 Å². The van der Waals surface area contributed by atoms with Crippen LogP contribution in [0.1, 0.15) is 26.3 Å². The number of nitrogens with zero attached hydrogens (tertiary/aromatic N) is 2. The van der Waals surface area contributed by atoms with E-state index in [2.05, 4.69) is 21.1 Å². The number of hydrazone groups is 2. The summed E-state index contributed by atoms with van der Waals surface area (Å²) in [5.74, 6) is -0.938. The summed E-state index contributed by atoms with van der Waals surface area (Å²) in [7, 11) is 0. The molecule has 6 nitrogen and oxygen atoms in total. The van der Waals surface area contributed by atoms with Crippen molar-refractivity contribution in [2.24, 2.45) is 10.2 Å². The Morgan fingerprint density at radius 3 is 1.77 bits per heavy atom. The Kier molecular flexibility index (Phi) is 7.32. The minimum atomic E-state index is -0.470. The average molecular weight is 439 g/mol.